The maximum Gasteiger partial charge on any atom is 0.326 e. The van der Waals surface area contributed by atoms with Gasteiger partial charge in [0.2, 0.25) is 10.0 Å². The normalized spacial score (nSPS) is 23.0. The molecule has 2 aliphatic heterocycles. The molecule has 0 aromatic carbocycles. The van der Waals surface area contributed by atoms with Crippen molar-refractivity contribution in [3.63, 3.8) is 0 Å². The summed E-state index contributed by atoms with van der Waals surface area (Å²) in [5, 5.41) is 9.54. The summed E-state index contributed by atoms with van der Waals surface area (Å²) in [4.78, 5) is 11.7. The summed E-state index contributed by atoms with van der Waals surface area (Å²) in [6.07, 6.45) is 0.525. The van der Waals surface area contributed by atoms with Crippen molar-refractivity contribution in [2.24, 2.45) is 5.92 Å². The van der Waals surface area contributed by atoms with Gasteiger partial charge in [0.1, 0.15) is 6.61 Å². The number of aliphatic carboxylic acids is 1. The van der Waals surface area contributed by atoms with Gasteiger partial charge in [0, 0.05) is 45.8 Å². The van der Waals surface area contributed by atoms with Gasteiger partial charge in [-0.3, -0.25) is 4.79 Å². The number of carboxylic acid groups (broad SMARTS) is 1. The molecule has 0 bridgehead atoms. The highest BCUT2D eigenvalue weighted by Crippen LogP contribution is 2.35. The smallest absolute Gasteiger partial charge is 0.326 e. The highest BCUT2D eigenvalue weighted by atomic mass is 32.2. The summed E-state index contributed by atoms with van der Waals surface area (Å²) >= 11 is 0. The molecule has 0 aliphatic carbocycles. The molecular weight excluding hydrogens is 379 g/mol. The van der Waals surface area contributed by atoms with Gasteiger partial charge in [-0.15, -0.1) is 0 Å². The number of piperidine rings is 1. The first-order chi connectivity index (χ1) is 12.1. The van der Waals surface area contributed by atoms with Crippen molar-refractivity contribution in [1.29, 1.82) is 0 Å². The van der Waals surface area contributed by atoms with E-state index in [2.05, 4.69) is 0 Å². The van der Waals surface area contributed by atoms with Crippen molar-refractivity contribution in [1.82, 2.24) is 4.31 Å². The Labute approximate surface area is 150 Å². The lowest BCUT2D eigenvalue weighted by Crippen LogP contribution is -2.57. The van der Waals surface area contributed by atoms with Gasteiger partial charge in [0.05, 0.1) is 0 Å². The molecule has 7 nitrogen and oxygen atoms in total. The molecule has 2 aliphatic rings. The number of alkyl halides is 3. The minimum absolute atomic E-state index is 0.0125. The Kier molecular flexibility index (Phi) is 6.92. The van der Waals surface area contributed by atoms with E-state index in [4.69, 9.17) is 9.47 Å². The fraction of sp³-hybridized carbons (Fsp3) is 0.933. The molecule has 0 aromatic heterocycles. The van der Waals surface area contributed by atoms with E-state index in [0.29, 0.717) is 12.8 Å². The first kappa shape index (κ1) is 21.4. The predicted molar refractivity (Wildman–Crippen MR) is 85.4 cm³/mol. The van der Waals surface area contributed by atoms with Gasteiger partial charge in [0.15, 0.2) is 11.4 Å². The van der Waals surface area contributed by atoms with Gasteiger partial charge < -0.3 is 14.6 Å². The molecule has 152 valence electrons. The largest absolute Gasteiger partial charge is 0.480 e. The lowest BCUT2D eigenvalue weighted by Gasteiger charge is -2.39. The predicted octanol–water partition coefficient (Wildman–Crippen LogP) is 1.28. The van der Waals surface area contributed by atoms with Gasteiger partial charge in [0.25, 0.3) is 5.92 Å². The Balaban J connectivity index is 1.92. The number of ether oxygens (including phenoxy) is 2. The Morgan fingerprint density at radius 2 is 1.85 bits per heavy atom. The molecule has 11 heteroatoms. The highest BCUT2D eigenvalue weighted by Gasteiger charge is 2.54. The first-order valence-electron chi connectivity index (χ1n) is 8.47. The molecule has 0 amide bonds. The third kappa shape index (κ3) is 4.49. The zero-order valence-electron chi connectivity index (χ0n) is 14.3. The summed E-state index contributed by atoms with van der Waals surface area (Å²) in [5.41, 5.74) is 0. The standard InChI is InChI=1S/C15H24F3NO6S/c16-10-15(17,18)11-25-9-12-1-5-19(6-2-12)26(22,23)14(13(20)21)3-7-24-8-4-14/h12H,1-11H2,(H,20,21). The summed E-state index contributed by atoms with van der Waals surface area (Å²) in [6.45, 7) is -2.47. The molecule has 0 spiro atoms. The summed E-state index contributed by atoms with van der Waals surface area (Å²) in [7, 11) is -4.07. The number of hydrogen-bond donors (Lipinski definition) is 1. The fourth-order valence-corrected chi connectivity index (χ4v) is 5.35. The molecule has 0 atom stereocenters. The van der Waals surface area contributed by atoms with Crippen LogP contribution in [0.4, 0.5) is 13.2 Å². The SMILES string of the molecule is O=C(O)C1(S(=O)(=O)N2CCC(COCC(F)(F)CF)CC2)CCOCC1. The molecule has 2 rings (SSSR count). The van der Waals surface area contributed by atoms with Crippen LogP contribution < -0.4 is 0 Å². The highest BCUT2D eigenvalue weighted by molar-refractivity contribution is 7.91. The van der Waals surface area contributed by atoms with Crippen molar-refractivity contribution in [2.45, 2.75) is 36.4 Å². The van der Waals surface area contributed by atoms with Crippen LogP contribution in [0.1, 0.15) is 25.7 Å². The quantitative estimate of drug-likeness (QED) is 0.656. The molecule has 0 aromatic rings. The molecule has 0 radical (unpaired) electrons. The Morgan fingerprint density at radius 1 is 1.27 bits per heavy atom. The van der Waals surface area contributed by atoms with E-state index >= 15 is 0 Å². The Hall–Kier alpha value is -0.910. The molecule has 1 N–H and O–H groups in total. The summed E-state index contributed by atoms with van der Waals surface area (Å²) in [5.74, 6) is -5.02. The van der Waals surface area contributed by atoms with E-state index in [9.17, 15) is 31.5 Å². The second kappa shape index (κ2) is 8.41. The number of carboxylic acids is 1. The van der Waals surface area contributed by atoms with Crippen LogP contribution in [0.3, 0.4) is 0 Å². The van der Waals surface area contributed by atoms with Crippen LogP contribution in [0.25, 0.3) is 0 Å². The van der Waals surface area contributed by atoms with Crippen LogP contribution in [-0.4, -0.2) is 80.7 Å². The molecule has 0 saturated carbocycles. The third-order valence-electron chi connectivity index (χ3n) is 4.96. The van der Waals surface area contributed by atoms with E-state index < -0.39 is 39.9 Å². The monoisotopic (exact) mass is 403 g/mol. The maximum absolute atomic E-state index is 12.9. The maximum atomic E-state index is 12.9. The van der Waals surface area contributed by atoms with E-state index in [1.165, 1.54) is 4.31 Å². The number of nitrogens with zero attached hydrogens (tertiary/aromatic N) is 1. The van der Waals surface area contributed by atoms with E-state index in [0.717, 1.165) is 0 Å². The van der Waals surface area contributed by atoms with Crippen LogP contribution in [0.2, 0.25) is 0 Å². The van der Waals surface area contributed by atoms with E-state index in [-0.39, 0.29) is 51.7 Å². The van der Waals surface area contributed by atoms with Crippen molar-refractivity contribution in [2.75, 3.05) is 46.2 Å². The number of sulfonamides is 1. The van der Waals surface area contributed by atoms with Gasteiger partial charge in [-0.25, -0.2) is 25.9 Å². The van der Waals surface area contributed by atoms with Crippen molar-refractivity contribution >= 4 is 16.0 Å². The van der Waals surface area contributed by atoms with E-state index in [1.807, 2.05) is 0 Å². The van der Waals surface area contributed by atoms with Gasteiger partial charge in [-0.05, 0) is 18.8 Å². The van der Waals surface area contributed by atoms with Crippen LogP contribution in [-0.2, 0) is 24.3 Å². The summed E-state index contributed by atoms with van der Waals surface area (Å²) < 4.78 is 72.7. The Bertz CT molecular complexity index is 586. The molecular formula is C15H24F3NO6S. The average molecular weight is 403 g/mol. The minimum atomic E-state index is -4.07. The number of hydrogen-bond acceptors (Lipinski definition) is 5. The lowest BCUT2D eigenvalue weighted by atomic mass is 9.99. The molecule has 2 saturated heterocycles. The zero-order valence-corrected chi connectivity index (χ0v) is 15.1. The van der Waals surface area contributed by atoms with Gasteiger partial charge >= 0.3 is 5.97 Å². The van der Waals surface area contributed by atoms with Crippen molar-refractivity contribution in [3.8, 4) is 0 Å². The topological polar surface area (TPSA) is 93.1 Å². The fourth-order valence-electron chi connectivity index (χ4n) is 3.26. The lowest BCUT2D eigenvalue weighted by molar-refractivity contribution is -0.142. The first-order valence-corrected chi connectivity index (χ1v) is 9.91. The second-order valence-corrected chi connectivity index (χ2v) is 9.01. The van der Waals surface area contributed by atoms with Crippen LogP contribution >= 0.6 is 0 Å². The molecule has 26 heavy (non-hydrogen) atoms. The average Bonchev–Trinajstić information content (AvgIpc) is 2.62. The van der Waals surface area contributed by atoms with Gasteiger partial charge in [-0.2, -0.15) is 0 Å². The summed E-state index contributed by atoms with van der Waals surface area (Å²) in [6, 6.07) is 0. The van der Waals surface area contributed by atoms with Crippen LogP contribution in [0, 0.1) is 5.92 Å². The number of carbonyl (C=O) groups is 1. The molecule has 2 heterocycles. The van der Waals surface area contributed by atoms with Crippen LogP contribution in [0.15, 0.2) is 0 Å². The minimum Gasteiger partial charge on any atom is -0.480 e. The third-order valence-corrected chi connectivity index (χ3v) is 7.58. The van der Waals surface area contributed by atoms with Crippen molar-refractivity contribution in [3.05, 3.63) is 0 Å². The number of halogens is 3. The number of rotatable bonds is 8. The Morgan fingerprint density at radius 3 is 2.35 bits per heavy atom. The van der Waals surface area contributed by atoms with Crippen LogP contribution in [0.5, 0.6) is 0 Å². The molecule has 0 unspecified atom stereocenters. The zero-order chi connectivity index (χ0) is 19.4. The second-order valence-electron chi connectivity index (χ2n) is 6.76. The van der Waals surface area contributed by atoms with Gasteiger partial charge in [-0.1, -0.05) is 0 Å². The molecule has 2 fully saturated rings. The van der Waals surface area contributed by atoms with Crippen molar-refractivity contribution < 1.29 is 41.0 Å². The van der Waals surface area contributed by atoms with E-state index in [1.54, 1.807) is 0 Å².